The molecule has 0 amide bonds. The van der Waals surface area contributed by atoms with Gasteiger partial charge in [-0.05, 0) is 36.2 Å². The third-order valence-corrected chi connectivity index (χ3v) is 5.06. The van der Waals surface area contributed by atoms with E-state index in [4.69, 9.17) is 10.5 Å². The van der Waals surface area contributed by atoms with Gasteiger partial charge in [-0.25, -0.2) is 0 Å². The highest BCUT2D eigenvalue weighted by atomic mass is 79.9. The van der Waals surface area contributed by atoms with E-state index in [0.29, 0.717) is 0 Å². The quantitative estimate of drug-likeness (QED) is 0.913. The molecule has 2 atom stereocenters. The number of ether oxygens (including phenoxy) is 1. The van der Waals surface area contributed by atoms with E-state index >= 15 is 0 Å². The minimum Gasteiger partial charge on any atom is -0.487 e. The standard InChI is InChI=1S/C16H16BrNOS/c17-12-7-5-11(6-8-12)9-13(18)15-10-20-16-4-2-1-3-14(16)19-15/h1-8,13,15H,9-10,18H2. The second kappa shape index (κ2) is 6.20. The summed E-state index contributed by atoms with van der Waals surface area (Å²) in [4.78, 5) is 1.21. The molecule has 0 aromatic heterocycles. The molecular weight excluding hydrogens is 334 g/mol. The van der Waals surface area contributed by atoms with Crippen molar-refractivity contribution >= 4 is 27.7 Å². The SMILES string of the molecule is NC(Cc1ccc(Br)cc1)C1CSc2ccccc2O1. The maximum absolute atomic E-state index is 6.33. The lowest BCUT2D eigenvalue weighted by Gasteiger charge is -2.29. The van der Waals surface area contributed by atoms with Crippen LogP contribution in [-0.4, -0.2) is 17.9 Å². The second-order valence-corrected chi connectivity index (χ2v) is 6.89. The van der Waals surface area contributed by atoms with E-state index in [1.807, 2.05) is 42.1 Å². The molecule has 0 bridgehead atoms. The number of thioether (sulfide) groups is 1. The van der Waals surface area contributed by atoms with Crippen molar-refractivity contribution in [2.24, 2.45) is 5.73 Å². The summed E-state index contributed by atoms with van der Waals surface area (Å²) < 4.78 is 7.13. The third kappa shape index (κ3) is 3.19. The molecule has 2 nitrogen and oxygen atoms in total. The van der Waals surface area contributed by atoms with Crippen molar-refractivity contribution in [1.82, 2.24) is 0 Å². The van der Waals surface area contributed by atoms with Crippen LogP contribution in [0.4, 0.5) is 0 Å². The van der Waals surface area contributed by atoms with Crippen LogP contribution in [0.5, 0.6) is 5.75 Å². The number of nitrogens with two attached hydrogens (primary N) is 1. The van der Waals surface area contributed by atoms with Gasteiger partial charge in [0.25, 0.3) is 0 Å². The molecule has 4 heteroatoms. The average Bonchev–Trinajstić information content (AvgIpc) is 2.49. The molecule has 2 aromatic rings. The lowest BCUT2D eigenvalue weighted by molar-refractivity contribution is 0.184. The summed E-state index contributed by atoms with van der Waals surface area (Å²) >= 11 is 5.27. The number of halogens is 1. The predicted molar refractivity (Wildman–Crippen MR) is 87.4 cm³/mol. The minimum absolute atomic E-state index is 0.0111. The zero-order valence-corrected chi connectivity index (χ0v) is 13.4. The fourth-order valence-electron chi connectivity index (χ4n) is 2.27. The molecule has 2 N–H and O–H groups in total. The molecule has 0 aliphatic carbocycles. The first-order valence-corrected chi connectivity index (χ1v) is 8.39. The summed E-state index contributed by atoms with van der Waals surface area (Å²) in [5, 5.41) is 0. The van der Waals surface area contributed by atoms with Crippen LogP contribution in [0.2, 0.25) is 0 Å². The Morgan fingerprint density at radius 3 is 2.75 bits per heavy atom. The Labute approximate surface area is 131 Å². The van der Waals surface area contributed by atoms with Crippen molar-refractivity contribution in [3.05, 3.63) is 58.6 Å². The van der Waals surface area contributed by atoms with Gasteiger partial charge in [-0.15, -0.1) is 11.8 Å². The molecule has 0 radical (unpaired) electrons. The van der Waals surface area contributed by atoms with Crippen LogP contribution in [0, 0.1) is 0 Å². The second-order valence-electron chi connectivity index (χ2n) is 4.91. The molecule has 1 aliphatic rings. The first-order valence-electron chi connectivity index (χ1n) is 6.61. The third-order valence-electron chi connectivity index (χ3n) is 3.39. The van der Waals surface area contributed by atoms with Crippen LogP contribution < -0.4 is 10.5 Å². The largest absolute Gasteiger partial charge is 0.487 e. The van der Waals surface area contributed by atoms with Crippen molar-refractivity contribution in [3.63, 3.8) is 0 Å². The smallest absolute Gasteiger partial charge is 0.133 e. The molecule has 2 aromatic carbocycles. The highest BCUT2D eigenvalue weighted by Gasteiger charge is 2.25. The molecule has 104 valence electrons. The van der Waals surface area contributed by atoms with Crippen LogP contribution in [0.1, 0.15) is 5.56 Å². The van der Waals surface area contributed by atoms with Crippen molar-refractivity contribution < 1.29 is 4.74 Å². The van der Waals surface area contributed by atoms with Crippen LogP contribution in [0.15, 0.2) is 57.9 Å². The van der Waals surface area contributed by atoms with Crippen LogP contribution in [-0.2, 0) is 6.42 Å². The number of hydrogen-bond donors (Lipinski definition) is 1. The van der Waals surface area contributed by atoms with Gasteiger partial charge in [-0.1, -0.05) is 40.2 Å². The molecule has 0 saturated heterocycles. The molecule has 1 heterocycles. The van der Waals surface area contributed by atoms with Gasteiger partial charge in [0.1, 0.15) is 11.9 Å². The van der Waals surface area contributed by atoms with Gasteiger partial charge in [0.05, 0.1) is 0 Å². The van der Waals surface area contributed by atoms with E-state index in [2.05, 4.69) is 34.1 Å². The zero-order chi connectivity index (χ0) is 13.9. The van der Waals surface area contributed by atoms with Crippen LogP contribution in [0.25, 0.3) is 0 Å². The van der Waals surface area contributed by atoms with Crippen LogP contribution in [0.3, 0.4) is 0 Å². The fourth-order valence-corrected chi connectivity index (χ4v) is 3.63. The number of rotatable bonds is 3. The van der Waals surface area contributed by atoms with Gasteiger partial charge in [-0.3, -0.25) is 0 Å². The van der Waals surface area contributed by atoms with Gasteiger partial charge >= 0.3 is 0 Å². The van der Waals surface area contributed by atoms with E-state index in [0.717, 1.165) is 22.4 Å². The van der Waals surface area contributed by atoms with E-state index < -0.39 is 0 Å². The first kappa shape index (κ1) is 14.0. The van der Waals surface area contributed by atoms with E-state index in [-0.39, 0.29) is 12.1 Å². The predicted octanol–water partition coefficient (Wildman–Crippen LogP) is 3.87. The van der Waals surface area contributed by atoms with Gasteiger partial charge < -0.3 is 10.5 Å². The Hall–Kier alpha value is -0.970. The van der Waals surface area contributed by atoms with Crippen molar-refractivity contribution in [2.45, 2.75) is 23.5 Å². The van der Waals surface area contributed by atoms with Crippen molar-refractivity contribution in [3.8, 4) is 5.75 Å². The zero-order valence-electron chi connectivity index (χ0n) is 11.0. The Kier molecular flexibility index (Phi) is 4.34. The highest BCUT2D eigenvalue weighted by Crippen LogP contribution is 2.35. The number of para-hydroxylation sites is 1. The molecule has 3 rings (SSSR count). The molecule has 0 fully saturated rings. The van der Waals surface area contributed by atoms with E-state index in [1.54, 1.807) is 0 Å². The normalized spacial score (nSPS) is 19.0. The van der Waals surface area contributed by atoms with Gasteiger partial charge in [0, 0.05) is 21.2 Å². The summed E-state index contributed by atoms with van der Waals surface area (Å²) in [6.45, 7) is 0. The lowest BCUT2D eigenvalue weighted by Crippen LogP contribution is -2.43. The van der Waals surface area contributed by atoms with Crippen molar-refractivity contribution in [2.75, 3.05) is 5.75 Å². The maximum Gasteiger partial charge on any atom is 0.133 e. The molecule has 1 aliphatic heterocycles. The Balaban J connectivity index is 1.67. The number of fused-ring (bicyclic) bond motifs is 1. The monoisotopic (exact) mass is 349 g/mol. The summed E-state index contributed by atoms with van der Waals surface area (Å²) in [5.74, 6) is 1.87. The Bertz CT molecular complexity index is 587. The summed E-state index contributed by atoms with van der Waals surface area (Å²) in [6, 6.07) is 16.5. The Morgan fingerprint density at radius 2 is 1.95 bits per heavy atom. The molecule has 0 saturated carbocycles. The van der Waals surface area contributed by atoms with Crippen LogP contribution >= 0.6 is 27.7 Å². The number of hydrogen-bond acceptors (Lipinski definition) is 3. The fraction of sp³-hybridized carbons (Fsp3) is 0.250. The van der Waals surface area contributed by atoms with E-state index in [1.165, 1.54) is 10.5 Å². The average molecular weight is 350 g/mol. The van der Waals surface area contributed by atoms with Crippen molar-refractivity contribution in [1.29, 1.82) is 0 Å². The Morgan fingerprint density at radius 1 is 1.20 bits per heavy atom. The summed E-state index contributed by atoms with van der Waals surface area (Å²) in [7, 11) is 0. The highest BCUT2D eigenvalue weighted by molar-refractivity contribution is 9.10. The van der Waals surface area contributed by atoms with Gasteiger partial charge in [0.2, 0.25) is 0 Å². The summed E-state index contributed by atoms with van der Waals surface area (Å²) in [6.07, 6.45) is 0.902. The summed E-state index contributed by atoms with van der Waals surface area (Å²) in [5.41, 5.74) is 7.57. The first-order chi connectivity index (χ1) is 9.72. The molecule has 2 unspecified atom stereocenters. The minimum atomic E-state index is 0.0111. The molecule has 20 heavy (non-hydrogen) atoms. The number of benzene rings is 2. The molecule has 0 spiro atoms. The van der Waals surface area contributed by atoms with E-state index in [9.17, 15) is 0 Å². The molecular formula is C16H16BrNOS. The topological polar surface area (TPSA) is 35.2 Å². The van der Waals surface area contributed by atoms with Gasteiger partial charge in [0.15, 0.2) is 0 Å². The lowest BCUT2D eigenvalue weighted by atomic mass is 10.0. The van der Waals surface area contributed by atoms with Gasteiger partial charge in [-0.2, -0.15) is 0 Å². The maximum atomic E-state index is 6.33.